The number of carbonyl (C=O) groups is 2. The first-order chi connectivity index (χ1) is 18.6. The van der Waals surface area contributed by atoms with E-state index in [1.807, 2.05) is 6.92 Å². The molecule has 1 aliphatic heterocycles. The van der Waals surface area contributed by atoms with Gasteiger partial charge in [-0.2, -0.15) is 13.2 Å². The minimum absolute atomic E-state index is 0.0333. The molecule has 0 radical (unpaired) electrons. The van der Waals surface area contributed by atoms with Gasteiger partial charge in [-0.05, 0) is 65.4 Å². The Morgan fingerprint density at radius 3 is 2.40 bits per heavy atom. The number of nitrogens with zero attached hydrogens (tertiary/aromatic N) is 3. The number of nitrogens with one attached hydrogen (secondary N) is 2. The second-order valence-electron chi connectivity index (χ2n) is 11.0. The summed E-state index contributed by atoms with van der Waals surface area (Å²) in [5.41, 5.74) is -2.32. The summed E-state index contributed by atoms with van der Waals surface area (Å²) in [4.78, 5) is 36.2. The summed E-state index contributed by atoms with van der Waals surface area (Å²) < 4.78 is 69.2. The van der Waals surface area contributed by atoms with Crippen LogP contribution in [0.4, 0.5) is 27.8 Å². The minimum atomic E-state index is -4.58. The first-order valence-electron chi connectivity index (χ1n) is 13.0. The van der Waals surface area contributed by atoms with Gasteiger partial charge in [-0.25, -0.2) is 18.7 Å². The molecule has 3 N–H and O–H groups in total. The van der Waals surface area contributed by atoms with Gasteiger partial charge in [0.25, 0.3) is 18.2 Å². The SMILES string of the molecule is C[C@H](NC(=O)c1nc(C(=O)N2CCC[C@@H]2C)c(-c2cnc(NC(C3CC3)C(F)(F)F)cc2C(F)F)s1)C(C)(C)O. The summed E-state index contributed by atoms with van der Waals surface area (Å²) in [5.74, 6) is -2.27. The van der Waals surface area contributed by atoms with Crippen molar-refractivity contribution in [2.24, 2.45) is 5.92 Å². The van der Waals surface area contributed by atoms with Crippen molar-refractivity contribution in [2.75, 3.05) is 11.9 Å². The lowest BCUT2D eigenvalue weighted by molar-refractivity contribution is -0.146. The zero-order chi connectivity index (χ0) is 29.6. The van der Waals surface area contributed by atoms with Crippen LogP contribution in [0.2, 0.25) is 0 Å². The molecule has 2 aliphatic rings. The summed E-state index contributed by atoms with van der Waals surface area (Å²) in [6.07, 6.45) is -4.49. The summed E-state index contributed by atoms with van der Waals surface area (Å²) >= 11 is 0.706. The third kappa shape index (κ3) is 6.54. The molecule has 2 fully saturated rings. The molecule has 0 spiro atoms. The smallest absolute Gasteiger partial charge is 0.388 e. The van der Waals surface area contributed by atoms with E-state index in [1.165, 1.54) is 13.8 Å². The lowest BCUT2D eigenvalue weighted by atomic mass is 10.0. The first kappa shape index (κ1) is 30.1. The van der Waals surface area contributed by atoms with Crippen LogP contribution in [-0.4, -0.2) is 68.2 Å². The summed E-state index contributed by atoms with van der Waals surface area (Å²) in [6.45, 7) is 6.84. The average molecular weight is 590 g/mol. The molecule has 1 aliphatic carbocycles. The second-order valence-corrected chi connectivity index (χ2v) is 12.0. The Morgan fingerprint density at radius 2 is 1.88 bits per heavy atom. The highest BCUT2D eigenvalue weighted by molar-refractivity contribution is 7.17. The lowest BCUT2D eigenvalue weighted by Gasteiger charge is -2.26. The number of carbonyl (C=O) groups excluding carboxylic acids is 2. The molecule has 2 aromatic rings. The number of hydrogen-bond acceptors (Lipinski definition) is 7. The van der Waals surface area contributed by atoms with E-state index in [2.05, 4.69) is 20.6 Å². The molecular formula is C26H32F5N5O3S. The van der Waals surface area contributed by atoms with Crippen molar-refractivity contribution in [2.45, 2.75) is 89.7 Å². The maximum absolute atomic E-state index is 14.3. The van der Waals surface area contributed by atoms with Gasteiger partial charge in [-0.15, -0.1) is 11.3 Å². The third-order valence-electron chi connectivity index (χ3n) is 7.41. The summed E-state index contributed by atoms with van der Waals surface area (Å²) in [6, 6.07) is -1.90. The molecule has 3 atom stereocenters. The van der Waals surface area contributed by atoms with Gasteiger partial charge in [-0.1, -0.05) is 0 Å². The van der Waals surface area contributed by atoms with Crippen molar-refractivity contribution in [3.8, 4) is 10.4 Å². The molecule has 14 heteroatoms. The fraction of sp³-hybridized carbons (Fsp3) is 0.615. The third-order valence-corrected chi connectivity index (χ3v) is 8.50. The number of pyridine rings is 1. The number of alkyl halides is 5. The number of thiazole rings is 1. The van der Waals surface area contributed by atoms with Gasteiger partial charge in [0.15, 0.2) is 5.01 Å². The molecule has 40 heavy (non-hydrogen) atoms. The molecule has 2 amide bonds. The number of aromatic nitrogens is 2. The predicted octanol–water partition coefficient (Wildman–Crippen LogP) is 5.41. The number of amides is 2. The standard InChI is InChI=1S/C26H32F5N5O3S/c1-12-6-5-9-36(12)24(38)18-19(40-23(35-18)22(37)33-13(2)25(3,4)39)16-11-32-17(10-15(16)21(27)28)34-20(14-7-8-14)26(29,30)31/h10-14,20-21,39H,5-9H2,1-4H3,(H,32,34)(H,33,37)/t12-,13-,20?/m0/s1. The molecule has 1 unspecified atom stereocenters. The van der Waals surface area contributed by atoms with E-state index in [-0.39, 0.29) is 33.0 Å². The summed E-state index contributed by atoms with van der Waals surface area (Å²) in [5, 5.41) is 14.9. The van der Waals surface area contributed by atoms with E-state index in [0.29, 0.717) is 30.7 Å². The fourth-order valence-electron chi connectivity index (χ4n) is 4.53. The van der Waals surface area contributed by atoms with Gasteiger partial charge in [-0.3, -0.25) is 9.59 Å². The van der Waals surface area contributed by atoms with Crippen LogP contribution in [0, 0.1) is 5.92 Å². The van der Waals surface area contributed by atoms with Gasteiger partial charge >= 0.3 is 6.18 Å². The number of aliphatic hydroxyl groups is 1. The summed E-state index contributed by atoms with van der Waals surface area (Å²) in [7, 11) is 0. The van der Waals surface area contributed by atoms with Gasteiger partial charge in [0, 0.05) is 29.9 Å². The highest BCUT2D eigenvalue weighted by Crippen LogP contribution is 2.43. The van der Waals surface area contributed by atoms with E-state index in [1.54, 1.807) is 11.8 Å². The Balaban J connectivity index is 1.75. The Kier molecular flexibility index (Phi) is 8.42. The van der Waals surface area contributed by atoms with Crippen molar-refractivity contribution in [1.82, 2.24) is 20.2 Å². The second kappa shape index (κ2) is 11.2. The quantitative estimate of drug-likeness (QED) is 0.338. The van der Waals surface area contributed by atoms with Gasteiger partial charge in [0.1, 0.15) is 17.6 Å². The Hall–Kier alpha value is -2.87. The van der Waals surface area contributed by atoms with Crippen molar-refractivity contribution < 1.29 is 36.6 Å². The lowest BCUT2D eigenvalue weighted by Crippen LogP contribution is -2.47. The maximum atomic E-state index is 14.3. The van der Waals surface area contributed by atoms with Crippen LogP contribution < -0.4 is 10.6 Å². The van der Waals surface area contributed by atoms with Crippen molar-refractivity contribution in [3.63, 3.8) is 0 Å². The maximum Gasteiger partial charge on any atom is 0.408 e. The zero-order valence-corrected chi connectivity index (χ0v) is 23.3. The largest absolute Gasteiger partial charge is 0.408 e. The Labute approximate surface area is 232 Å². The average Bonchev–Trinajstić information content (AvgIpc) is 3.43. The predicted molar refractivity (Wildman–Crippen MR) is 139 cm³/mol. The van der Waals surface area contributed by atoms with Crippen LogP contribution >= 0.6 is 11.3 Å². The minimum Gasteiger partial charge on any atom is -0.388 e. The number of anilines is 1. The Bertz CT molecular complexity index is 1260. The van der Waals surface area contributed by atoms with E-state index in [4.69, 9.17) is 0 Å². The monoisotopic (exact) mass is 589 g/mol. The molecule has 2 aromatic heterocycles. The van der Waals surface area contributed by atoms with Gasteiger partial charge < -0.3 is 20.6 Å². The molecular weight excluding hydrogens is 557 g/mol. The van der Waals surface area contributed by atoms with Gasteiger partial charge in [0.05, 0.1) is 16.5 Å². The highest BCUT2D eigenvalue weighted by Gasteiger charge is 2.49. The fourth-order valence-corrected chi connectivity index (χ4v) is 5.52. The molecule has 3 heterocycles. The molecule has 1 saturated carbocycles. The Morgan fingerprint density at radius 1 is 1.20 bits per heavy atom. The van der Waals surface area contributed by atoms with Crippen molar-refractivity contribution in [1.29, 1.82) is 0 Å². The molecule has 220 valence electrons. The molecule has 1 saturated heterocycles. The van der Waals surface area contributed by atoms with E-state index in [0.717, 1.165) is 25.1 Å². The van der Waals surface area contributed by atoms with Gasteiger partial charge in [0.2, 0.25) is 0 Å². The molecule has 0 aromatic carbocycles. The first-order valence-corrected chi connectivity index (χ1v) is 13.9. The zero-order valence-electron chi connectivity index (χ0n) is 22.5. The van der Waals surface area contributed by atoms with E-state index < -0.39 is 53.6 Å². The number of likely N-dealkylation sites (tertiary alicyclic amines) is 1. The van der Waals surface area contributed by atoms with Crippen LogP contribution in [-0.2, 0) is 0 Å². The molecule has 4 rings (SSSR count). The number of rotatable bonds is 9. The van der Waals surface area contributed by atoms with Crippen LogP contribution in [0.3, 0.4) is 0 Å². The number of hydrogen-bond donors (Lipinski definition) is 3. The highest BCUT2D eigenvalue weighted by atomic mass is 32.1. The molecule has 8 nitrogen and oxygen atoms in total. The topological polar surface area (TPSA) is 107 Å². The number of halogens is 5. The normalized spacial score (nSPS) is 19.6. The van der Waals surface area contributed by atoms with E-state index in [9.17, 15) is 36.6 Å². The van der Waals surface area contributed by atoms with Crippen LogP contribution in [0.25, 0.3) is 10.4 Å². The molecule has 0 bridgehead atoms. The van der Waals surface area contributed by atoms with E-state index >= 15 is 0 Å². The van der Waals surface area contributed by atoms with Crippen molar-refractivity contribution >= 4 is 29.0 Å². The van der Waals surface area contributed by atoms with Crippen molar-refractivity contribution in [3.05, 3.63) is 28.5 Å². The van der Waals surface area contributed by atoms with Crippen LogP contribution in [0.1, 0.15) is 85.7 Å². The van der Waals surface area contributed by atoms with Crippen LogP contribution in [0.5, 0.6) is 0 Å². The van der Waals surface area contributed by atoms with Crippen LogP contribution in [0.15, 0.2) is 12.3 Å².